The fourth-order valence-corrected chi connectivity index (χ4v) is 7.98. The maximum atomic E-state index is 12.3. The van der Waals surface area contributed by atoms with Gasteiger partial charge in [-0.25, -0.2) is 0 Å². The molecule has 4 rings (SSSR count). The zero-order valence-electron chi connectivity index (χ0n) is 32.2. The Labute approximate surface area is 301 Å². The molecule has 0 heterocycles. The van der Waals surface area contributed by atoms with Gasteiger partial charge in [0.15, 0.2) is 0 Å². The maximum absolute atomic E-state index is 12.3. The van der Waals surface area contributed by atoms with Crippen LogP contribution in [0.4, 0.5) is 0 Å². The summed E-state index contributed by atoms with van der Waals surface area (Å²) in [4.78, 5) is 24.6. The van der Waals surface area contributed by atoms with Gasteiger partial charge in [-0.15, -0.1) is 0 Å². The van der Waals surface area contributed by atoms with Crippen molar-refractivity contribution in [1.82, 2.24) is 0 Å². The van der Waals surface area contributed by atoms with E-state index in [1.54, 1.807) is 28.4 Å². The van der Waals surface area contributed by atoms with E-state index in [1.807, 2.05) is 0 Å². The number of methoxy groups -OCH3 is 6. The van der Waals surface area contributed by atoms with Crippen LogP contribution in [0.5, 0.6) is 23.0 Å². The minimum atomic E-state index is -0.124. The monoisotopic (exact) mass is 696 g/mol. The van der Waals surface area contributed by atoms with Gasteiger partial charge in [0.25, 0.3) is 0 Å². The van der Waals surface area contributed by atoms with Crippen LogP contribution in [0.15, 0.2) is 24.3 Å². The van der Waals surface area contributed by atoms with Crippen LogP contribution in [-0.4, -0.2) is 54.6 Å². The lowest BCUT2D eigenvalue weighted by Gasteiger charge is -2.32. The van der Waals surface area contributed by atoms with Gasteiger partial charge in [-0.05, 0) is 86.8 Å². The number of hydrogen-bond acceptors (Lipinski definition) is 8. The van der Waals surface area contributed by atoms with E-state index in [0.717, 1.165) is 111 Å². The molecule has 0 spiro atoms. The van der Waals surface area contributed by atoms with E-state index < -0.39 is 0 Å². The van der Waals surface area contributed by atoms with Crippen molar-refractivity contribution in [2.24, 2.45) is 11.8 Å². The zero-order valence-corrected chi connectivity index (χ0v) is 32.2. The van der Waals surface area contributed by atoms with E-state index in [4.69, 9.17) is 28.4 Å². The molecule has 2 aromatic carbocycles. The molecule has 8 heteroatoms. The summed E-state index contributed by atoms with van der Waals surface area (Å²) in [5.74, 6) is 3.06. The third-order valence-corrected chi connectivity index (χ3v) is 10.6. The van der Waals surface area contributed by atoms with Crippen molar-refractivity contribution >= 4 is 11.9 Å². The number of carbonyl (C=O) groups is 2. The average Bonchev–Trinajstić information content (AvgIpc) is 3.16. The second-order valence-electron chi connectivity index (χ2n) is 13.8. The van der Waals surface area contributed by atoms with Crippen molar-refractivity contribution in [1.29, 1.82) is 0 Å². The van der Waals surface area contributed by atoms with Gasteiger partial charge < -0.3 is 28.4 Å². The van der Waals surface area contributed by atoms with Crippen LogP contribution in [0.3, 0.4) is 0 Å². The van der Waals surface area contributed by atoms with Crippen molar-refractivity contribution < 1.29 is 38.0 Å². The van der Waals surface area contributed by atoms with Gasteiger partial charge in [0.2, 0.25) is 0 Å². The topological polar surface area (TPSA) is 89.5 Å². The minimum Gasteiger partial charge on any atom is -0.496 e. The normalized spacial score (nSPS) is 20.2. The Morgan fingerprint density at radius 2 is 0.840 bits per heavy atom. The Balaban J connectivity index is 0.000000270. The quantitative estimate of drug-likeness (QED) is 0.127. The fraction of sp³-hybridized carbons (Fsp3) is 0.667. The number of hydrogen-bond donors (Lipinski definition) is 0. The van der Waals surface area contributed by atoms with Crippen molar-refractivity contribution in [3.63, 3.8) is 0 Å². The van der Waals surface area contributed by atoms with E-state index in [9.17, 15) is 9.59 Å². The van der Waals surface area contributed by atoms with E-state index in [-0.39, 0.29) is 35.6 Å². The predicted molar refractivity (Wildman–Crippen MR) is 199 cm³/mol. The highest BCUT2D eigenvalue weighted by molar-refractivity contribution is 5.75. The lowest BCUT2D eigenvalue weighted by Crippen LogP contribution is -2.27. The number of esters is 2. The molecule has 0 N–H and O–H groups in total. The molecule has 4 atom stereocenters. The van der Waals surface area contributed by atoms with Crippen LogP contribution >= 0.6 is 0 Å². The first-order valence-corrected chi connectivity index (χ1v) is 19.0. The summed E-state index contributed by atoms with van der Waals surface area (Å²) in [7, 11) is 9.74. The summed E-state index contributed by atoms with van der Waals surface area (Å²) < 4.78 is 33.0. The number of unbranched alkanes of at least 4 members (excludes halogenated alkanes) is 4. The standard InChI is InChI=1S/2C21H32O4/c2*1-5-6-7-10-15-13-18(23-2)20(19(14-15)24-3)16-11-8-9-12-17(16)21(22)25-4/h2*13-14,16-17H,5-12H2,1-4H3/t16?,17-;/m1./s1. The van der Waals surface area contributed by atoms with Crippen LogP contribution in [-0.2, 0) is 31.9 Å². The highest BCUT2D eigenvalue weighted by Crippen LogP contribution is 2.48. The molecule has 0 amide bonds. The van der Waals surface area contributed by atoms with Crippen LogP contribution in [0, 0.1) is 11.8 Å². The first kappa shape index (κ1) is 41.0. The zero-order chi connectivity index (χ0) is 36.5. The second-order valence-corrected chi connectivity index (χ2v) is 13.8. The predicted octanol–water partition coefficient (Wildman–Crippen LogP) is 9.77. The minimum absolute atomic E-state index is 0.0933. The Hall–Kier alpha value is -3.42. The third kappa shape index (κ3) is 10.8. The summed E-state index contributed by atoms with van der Waals surface area (Å²) in [6, 6.07) is 8.49. The lowest BCUT2D eigenvalue weighted by atomic mass is 9.74. The van der Waals surface area contributed by atoms with Gasteiger partial charge in [0.05, 0.1) is 54.5 Å². The number of ether oxygens (including phenoxy) is 6. The number of aryl methyl sites for hydroxylation is 2. The summed E-state index contributed by atoms with van der Waals surface area (Å²) in [5.41, 5.74) is 4.52. The molecule has 2 fully saturated rings. The van der Waals surface area contributed by atoms with Crippen molar-refractivity contribution in [2.75, 3.05) is 42.7 Å². The Morgan fingerprint density at radius 3 is 1.12 bits per heavy atom. The Kier molecular flexibility index (Phi) is 17.8. The molecule has 280 valence electrons. The largest absolute Gasteiger partial charge is 0.496 e. The van der Waals surface area contributed by atoms with Gasteiger partial charge in [-0.1, -0.05) is 65.2 Å². The molecule has 0 saturated heterocycles. The molecule has 2 aliphatic rings. The summed E-state index contributed by atoms with van der Waals surface area (Å²) >= 11 is 0. The van der Waals surface area contributed by atoms with Crippen LogP contribution in [0.25, 0.3) is 0 Å². The summed E-state index contributed by atoms with van der Waals surface area (Å²) in [6.45, 7) is 4.42. The first-order chi connectivity index (χ1) is 24.3. The Morgan fingerprint density at radius 1 is 0.520 bits per heavy atom. The van der Waals surface area contributed by atoms with Gasteiger partial charge in [-0.3, -0.25) is 9.59 Å². The second kappa shape index (κ2) is 21.7. The fourth-order valence-electron chi connectivity index (χ4n) is 7.98. The molecule has 2 aliphatic carbocycles. The molecule has 8 nitrogen and oxygen atoms in total. The Bertz CT molecular complexity index is 1190. The van der Waals surface area contributed by atoms with Crippen LogP contribution < -0.4 is 18.9 Å². The van der Waals surface area contributed by atoms with E-state index >= 15 is 0 Å². The highest BCUT2D eigenvalue weighted by Gasteiger charge is 2.37. The molecule has 0 aromatic heterocycles. The third-order valence-electron chi connectivity index (χ3n) is 10.6. The molecule has 0 bridgehead atoms. The molecule has 2 aromatic rings. The van der Waals surface area contributed by atoms with Gasteiger partial charge >= 0.3 is 11.9 Å². The average molecular weight is 697 g/mol. The molecule has 50 heavy (non-hydrogen) atoms. The summed E-state index contributed by atoms with van der Waals surface area (Å²) in [5, 5.41) is 0. The summed E-state index contributed by atoms with van der Waals surface area (Å²) in [6.07, 6.45) is 17.2. The molecular weight excluding hydrogens is 632 g/mol. The van der Waals surface area contributed by atoms with Crippen molar-refractivity contribution in [3.05, 3.63) is 46.5 Å². The van der Waals surface area contributed by atoms with E-state index in [2.05, 4.69) is 38.1 Å². The van der Waals surface area contributed by atoms with E-state index in [1.165, 1.54) is 51.0 Å². The molecule has 0 aliphatic heterocycles. The molecule has 3 unspecified atom stereocenters. The number of benzene rings is 2. The van der Waals surface area contributed by atoms with Crippen LogP contribution in [0.1, 0.15) is 138 Å². The lowest BCUT2D eigenvalue weighted by molar-refractivity contribution is -0.148. The van der Waals surface area contributed by atoms with Crippen molar-refractivity contribution in [3.8, 4) is 23.0 Å². The van der Waals surface area contributed by atoms with Gasteiger partial charge in [0.1, 0.15) is 23.0 Å². The first-order valence-electron chi connectivity index (χ1n) is 19.0. The molecular formula is C42H64O8. The molecule has 0 radical (unpaired) electrons. The van der Waals surface area contributed by atoms with Crippen LogP contribution in [0.2, 0.25) is 0 Å². The van der Waals surface area contributed by atoms with E-state index in [0.29, 0.717) is 0 Å². The molecule has 2 saturated carbocycles. The SMILES string of the molecule is CCCCCc1cc(OC)c(C2CCCCC2C(=O)OC)c(OC)c1.CCCCCc1cc(OC)c(C2CCCC[C@H]2C(=O)OC)c(OC)c1. The van der Waals surface area contributed by atoms with Gasteiger partial charge in [-0.2, -0.15) is 0 Å². The smallest absolute Gasteiger partial charge is 0.309 e. The van der Waals surface area contributed by atoms with Gasteiger partial charge in [0, 0.05) is 23.0 Å². The maximum Gasteiger partial charge on any atom is 0.309 e. The van der Waals surface area contributed by atoms with Crippen molar-refractivity contribution in [2.45, 2.75) is 128 Å². The number of rotatable bonds is 16. The highest BCUT2D eigenvalue weighted by atomic mass is 16.5. The number of carbonyl (C=O) groups excluding carboxylic acids is 2.